The molecule has 1 aromatic carbocycles. The second-order valence-electron chi connectivity index (χ2n) is 9.54. The van der Waals surface area contributed by atoms with Crippen molar-refractivity contribution in [3.05, 3.63) is 70.0 Å². The van der Waals surface area contributed by atoms with Gasteiger partial charge in [-0.05, 0) is 56.0 Å². The number of pyridine rings is 1. The van der Waals surface area contributed by atoms with Crippen LogP contribution in [0.5, 0.6) is 11.5 Å². The van der Waals surface area contributed by atoms with E-state index in [9.17, 15) is 19.5 Å². The van der Waals surface area contributed by atoms with Gasteiger partial charge < -0.3 is 14.6 Å². The highest BCUT2D eigenvalue weighted by atomic mass is 32.1. The number of aromatic nitrogens is 2. The summed E-state index contributed by atoms with van der Waals surface area (Å²) in [5.41, 5.74) is 1.22. The fraction of sp³-hybridized carbons (Fsp3) is 0.345. The number of benzene rings is 1. The molecule has 1 amide bonds. The molecule has 0 radical (unpaired) electrons. The predicted octanol–water partition coefficient (Wildman–Crippen LogP) is 5.50. The number of anilines is 1. The SMILES string of the molecule is CCOc1cc(C2/C(=C(\O)c3ccncc3)C(=O)C(=O)N2c2nc(C)c(C(C)=O)s2)ccc1OCCC(C)C. The Balaban J connectivity index is 1.89. The van der Waals surface area contributed by atoms with Gasteiger partial charge >= 0.3 is 5.91 Å². The van der Waals surface area contributed by atoms with Gasteiger partial charge in [-0.25, -0.2) is 4.98 Å². The molecule has 3 aromatic rings. The molecule has 1 aliphatic rings. The number of carbonyl (C=O) groups is 3. The van der Waals surface area contributed by atoms with Crippen molar-refractivity contribution in [3.63, 3.8) is 0 Å². The third kappa shape index (κ3) is 5.70. The minimum atomic E-state index is -1.02. The molecular formula is C29H31N3O6S. The van der Waals surface area contributed by atoms with Crippen molar-refractivity contribution in [1.82, 2.24) is 9.97 Å². The minimum absolute atomic E-state index is 0.0978. The van der Waals surface area contributed by atoms with Gasteiger partial charge in [0, 0.05) is 24.9 Å². The van der Waals surface area contributed by atoms with E-state index in [1.165, 1.54) is 24.2 Å². The molecule has 0 bridgehead atoms. The van der Waals surface area contributed by atoms with Crippen molar-refractivity contribution >= 4 is 39.7 Å². The van der Waals surface area contributed by atoms with E-state index in [0.29, 0.717) is 52.3 Å². The highest BCUT2D eigenvalue weighted by Gasteiger charge is 2.48. The molecule has 1 saturated heterocycles. The van der Waals surface area contributed by atoms with Crippen LogP contribution in [0.25, 0.3) is 5.76 Å². The molecule has 39 heavy (non-hydrogen) atoms. The van der Waals surface area contributed by atoms with Gasteiger partial charge in [0.1, 0.15) is 5.76 Å². The van der Waals surface area contributed by atoms with E-state index in [1.807, 2.05) is 6.92 Å². The van der Waals surface area contributed by atoms with Crippen LogP contribution in [0.3, 0.4) is 0 Å². The summed E-state index contributed by atoms with van der Waals surface area (Å²) in [6, 6.07) is 7.28. The molecule has 1 aliphatic heterocycles. The van der Waals surface area contributed by atoms with E-state index in [-0.39, 0.29) is 22.2 Å². The van der Waals surface area contributed by atoms with Crippen LogP contribution in [0.1, 0.15) is 66.7 Å². The zero-order valence-electron chi connectivity index (χ0n) is 22.6. The average molecular weight is 550 g/mol. The summed E-state index contributed by atoms with van der Waals surface area (Å²) >= 11 is 1.03. The van der Waals surface area contributed by atoms with Gasteiger partial charge in [0.25, 0.3) is 5.78 Å². The van der Waals surface area contributed by atoms with Gasteiger partial charge in [-0.2, -0.15) is 0 Å². The Hall–Kier alpha value is -4.05. The van der Waals surface area contributed by atoms with Crippen LogP contribution in [0, 0.1) is 12.8 Å². The number of ether oxygens (including phenoxy) is 2. The van der Waals surface area contributed by atoms with Crippen LogP contribution in [0.4, 0.5) is 5.13 Å². The van der Waals surface area contributed by atoms with Crippen LogP contribution in [-0.4, -0.2) is 45.8 Å². The first-order valence-corrected chi connectivity index (χ1v) is 13.5. The number of amides is 1. The standard InChI is InChI=1S/C29H31N3O6S/c1-6-37-22-15-20(7-8-21(22)38-14-11-16(2)3)24-23(25(34)19-9-12-30-13-10-19)26(35)28(36)32(24)29-31-17(4)27(39-29)18(5)33/h7-10,12-13,15-16,24,34H,6,11,14H2,1-5H3/b25-23+. The van der Waals surface area contributed by atoms with Crippen molar-refractivity contribution in [2.75, 3.05) is 18.1 Å². The van der Waals surface area contributed by atoms with E-state index < -0.39 is 17.7 Å². The normalized spacial score (nSPS) is 16.7. The van der Waals surface area contributed by atoms with Crippen molar-refractivity contribution in [1.29, 1.82) is 0 Å². The van der Waals surface area contributed by atoms with Gasteiger partial charge in [0.05, 0.1) is 35.4 Å². The number of carbonyl (C=O) groups excluding carboxylic acids is 3. The quantitative estimate of drug-likeness (QED) is 0.152. The first-order valence-electron chi connectivity index (χ1n) is 12.7. The number of hydrogen-bond donors (Lipinski definition) is 1. The maximum absolute atomic E-state index is 13.5. The minimum Gasteiger partial charge on any atom is -0.507 e. The smallest absolute Gasteiger partial charge is 0.301 e. The van der Waals surface area contributed by atoms with Gasteiger partial charge in [-0.15, -0.1) is 0 Å². The lowest BCUT2D eigenvalue weighted by Gasteiger charge is -2.24. The van der Waals surface area contributed by atoms with E-state index >= 15 is 0 Å². The molecule has 9 nitrogen and oxygen atoms in total. The summed E-state index contributed by atoms with van der Waals surface area (Å²) in [6.45, 7) is 10.0. The van der Waals surface area contributed by atoms with Crippen molar-refractivity contribution in [2.24, 2.45) is 5.92 Å². The lowest BCUT2D eigenvalue weighted by molar-refractivity contribution is -0.132. The topological polar surface area (TPSA) is 119 Å². The molecular weight excluding hydrogens is 518 g/mol. The molecule has 204 valence electrons. The second kappa shape index (κ2) is 11.8. The first-order chi connectivity index (χ1) is 18.6. The summed E-state index contributed by atoms with van der Waals surface area (Å²) in [6.07, 6.45) is 3.83. The number of Topliss-reactive ketones (excluding diaryl/α,β-unsaturated/α-hetero) is 2. The van der Waals surface area contributed by atoms with E-state index in [2.05, 4.69) is 23.8 Å². The molecule has 1 N–H and O–H groups in total. The predicted molar refractivity (Wildman–Crippen MR) is 148 cm³/mol. The Morgan fingerprint density at radius 1 is 1.13 bits per heavy atom. The molecule has 0 spiro atoms. The zero-order valence-corrected chi connectivity index (χ0v) is 23.4. The summed E-state index contributed by atoms with van der Waals surface area (Å²) in [4.78, 5) is 49.1. The van der Waals surface area contributed by atoms with Crippen LogP contribution in [-0.2, 0) is 9.59 Å². The number of aryl methyl sites for hydroxylation is 1. The van der Waals surface area contributed by atoms with Gasteiger partial charge in [-0.3, -0.25) is 24.3 Å². The molecule has 2 aromatic heterocycles. The Kier molecular flexibility index (Phi) is 8.44. The van der Waals surface area contributed by atoms with Crippen LogP contribution in [0.15, 0.2) is 48.3 Å². The second-order valence-corrected chi connectivity index (χ2v) is 10.5. The average Bonchev–Trinajstić information content (AvgIpc) is 3.41. The van der Waals surface area contributed by atoms with E-state index in [4.69, 9.17) is 9.47 Å². The van der Waals surface area contributed by atoms with Crippen LogP contribution in [0.2, 0.25) is 0 Å². The molecule has 4 rings (SSSR count). The summed E-state index contributed by atoms with van der Waals surface area (Å²) < 4.78 is 11.8. The Labute approximate surface area is 231 Å². The van der Waals surface area contributed by atoms with Crippen molar-refractivity contribution < 1.29 is 29.0 Å². The Morgan fingerprint density at radius 3 is 2.46 bits per heavy atom. The van der Waals surface area contributed by atoms with Crippen LogP contribution < -0.4 is 14.4 Å². The summed E-state index contributed by atoms with van der Waals surface area (Å²) in [5.74, 6) is -0.781. The fourth-order valence-corrected chi connectivity index (χ4v) is 5.30. The molecule has 1 atom stereocenters. The first kappa shape index (κ1) is 28.0. The largest absolute Gasteiger partial charge is 0.507 e. The van der Waals surface area contributed by atoms with Gasteiger partial charge in [-0.1, -0.05) is 31.3 Å². The number of aliphatic hydroxyl groups is 1. The summed E-state index contributed by atoms with van der Waals surface area (Å²) in [5, 5.41) is 11.5. The lowest BCUT2D eigenvalue weighted by atomic mass is 9.95. The van der Waals surface area contributed by atoms with Crippen LogP contribution >= 0.6 is 11.3 Å². The number of thiazole rings is 1. The maximum Gasteiger partial charge on any atom is 0.301 e. The van der Waals surface area contributed by atoms with Gasteiger partial charge in [0.15, 0.2) is 22.4 Å². The highest BCUT2D eigenvalue weighted by Crippen LogP contribution is 2.45. The maximum atomic E-state index is 13.5. The van der Waals surface area contributed by atoms with Crippen molar-refractivity contribution in [2.45, 2.75) is 47.1 Å². The van der Waals surface area contributed by atoms with Gasteiger partial charge in [0.2, 0.25) is 0 Å². The number of hydrogen-bond acceptors (Lipinski definition) is 9. The number of ketones is 2. The monoisotopic (exact) mass is 549 g/mol. The fourth-order valence-electron chi connectivity index (χ4n) is 4.31. The Morgan fingerprint density at radius 2 is 1.85 bits per heavy atom. The van der Waals surface area contributed by atoms with Crippen molar-refractivity contribution in [3.8, 4) is 11.5 Å². The number of aliphatic hydroxyl groups excluding tert-OH is 1. The molecule has 3 heterocycles. The molecule has 10 heteroatoms. The number of nitrogens with zero attached hydrogens (tertiary/aromatic N) is 3. The molecule has 0 aliphatic carbocycles. The third-order valence-electron chi connectivity index (χ3n) is 6.25. The summed E-state index contributed by atoms with van der Waals surface area (Å²) in [7, 11) is 0. The van der Waals surface area contributed by atoms with E-state index in [0.717, 1.165) is 17.8 Å². The molecule has 1 fully saturated rings. The molecule has 0 saturated carbocycles. The highest BCUT2D eigenvalue weighted by molar-refractivity contribution is 7.18. The third-order valence-corrected chi connectivity index (χ3v) is 7.50. The van der Waals surface area contributed by atoms with E-state index in [1.54, 1.807) is 37.3 Å². The lowest BCUT2D eigenvalue weighted by Crippen LogP contribution is -2.29. The Bertz CT molecular complexity index is 1430. The number of rotatable bonds is 10. The zero-order chi connectivity index (χ0) is 28.3. The molecule has 1 unspecified atom stereocenters.